The molecule has 0 unspecified atom stereocenters. The number of methoxy groups -OCH3 is 1. The number of aromatic nitrogens is 2. The van der Waals surface area contributed by atoms with E-state index in [1.54, 1.807) is 7.11 Å². The lowest BCUT2D eigenvalue weighted by Crippen LogP contribution is -2.07. The van der Waals surface area contributed by atoms with Crippen LogP contribution < -0.4 is 4.74 Å². The maximum absolute atomic E-state index is 5.44. The molecule has 1 aliphatic rings. The molecule has 0 aliphatic carbocycles. The molecule has 0 fully saturated rings. The summed E-state index contributed by atoms with van der Waals surface area (Å²) in [6.07, 6.45) is 0.748. The minimum Gasteiger partial charge on any atom is -0.497 e. The summed E-state index contributed by atoms with van der Waals surface area (Å²) in [7, 11) is 1.69. The van der Waals surface area contributed by atoms with Gasteiger partial charge in [-0.15, -0.1) is 0 Å². The van der Waals surface area contributed by atoms with Crippen LogP contribution >= 0.6 is 15.9 Å². The Balaban J connectivity index is 2.00. The monoisotopic (exact) mass is 395 g/mol. The van der Waals surface area contributed by atoms with Gasteiger partial charge < -0.3 is 4.74 Å². The highest BCUT2D eigenvalue weighted by atomic mass is 79.9. The summed E-state index contributed by atoms with van der Waals surface area (Å²) in [4.78, 5) is 4.71. The first-order valence-electron chi connectivity index (χ1n) is 8.14. The molecule has 0 saturated heterocycles. The minimum absolute atomic E-state index is 0.748. The van der Waals surface area contributed by atoms with Crippen LogP contribution in [0.1, 0.15) is 33.9 Å². The molecule has 4 rings (SSSR count). The molecule has 126 valence electrons. The number of hydrogen-bond acceptors (Lipinski definition) is 3. The normalized spacial score (nSPS) is 12.9. The van der Waals surface area contributed by atoms with E-state index in [4.69, 9.17) is 14.8 Å². The lowest BCUT2D eigenvalue weighted by atomic mass is 9.96. The molecule has 0 saturated carbocycles. The number of fused-ring (bicyclic) bond motifs is 2. The van der Waals surface area contributed by atoms with Gasteiger partial charge in [0, 0.05) is 22.0 Å². The molecule has 0 radical (unpaired) electrons. The molecule has 3 aromatic rings. The Hall–Kier alpha value is -2.40. The van der Waals surface area contributed by atoms with Gasteiger partial charge in [0.05, 0.1) is 24.2 Å². The van der Waals surface area contributed by atoms with E-state index in [0.717, 1.165) is 50.7 Å². The second kappa shape index (κ2) is 6.15. The summed E-state index contributed by atoms with van der Waals surface area (Å²) in [5.74, 6) is 1.80. The summed E-state index contributed by atoms with van der Waals surface area (Å²) in [6.45, 7) is 4.09. The van der Waals surface area contributed by atoms with Crippen molar-refractivity contribution in [3.8, 4) is 5.75 Å². The van der Waals surface area contributed by atoms with Crippen LogP contribution in [-0.2, 0) is 6.42 Å². The van der Waals surface area contributed by atoms with Crippen molar-refractivity contribution in [3.05, 3.63) is 80.8 Å². The van der Waals surface area contributed by atoms with Crippen LogP contribution in [0.15, 0.2) is 52.0 Å². The molecule has 1 aliphatic heterocycles. The van der Waals surface area contributed by atoms with Crippen LogP contribution in [0.4, 0.5) is 0 Å². The highest BCUT2D eigenvalue weighted by molar-refractivity contribution is 9.10. The number of halogens is 1. The van der Waals surface area contributed by atoms with Gasteiger partial charge in [-0.2, -0.15) is 5.10 Å². The Morgan fingerprint density at radius 1 is 1.08 bits per heavy atom. The van der Waals surface area contributed by atoms with Gasteiger partial charge in [-0.3, -0.25) is 0 Å². The van der Waals surface area contributed by atoms with Crippen LogP contribution in [-0.4, -0.2) is 22.5 Å². The Morgan fingerprint density at radius 3 is 2.56 bits per heavy atom. The molecule has 0 amide bonds. The van der Waals surface area contributed by atoms with Crippen molar-refractivity contribution in [1.82, 2.24) is 9.66 Å². The second-order valence-electron chi connectivity index (χ2n) is 6.17. The third-order valence-electron chi connectivity index (χ3n) is 4.62. The third-order valence-corrected chi connectivity index (χ3v) is 5.15. The predicted octanol–water partition coefficient (Wildman–Crippen LogP) is 4.48. The van der Waals surface area contributed by atoms with E-state index < -0.39 is 0 Å². The molecule has 2 heterocycles. The number of rotatable bonds is 2. The van der Waals surface area contributed by atoms with Gasteiger partial charge in [-0.05, 0) is 43.7 Å². The van der Waals surface area contributed by atoms with Gasteiger partial charge in [-0.25, -0.2) is 9.66 Å². The van der Waals surface area contributed by atoms with Crippen LogP contribution in [0.2, 0.25) is 0 Å². The molecule has 2 aromatic carbocycles. The van der Waals surface area contributed by atoms with Gasteiger partial charge in [0.15, 0.2) is 0 Å². The SMILES string of the molecule is COc1ccc2c(c1)C(c1ccc(Br)cc1)=Nn1c(nc(C)c1C)C2. The molecule has 0 atom stereocenters. The standard InChI is InChI=1S/C20H18BrN3O/c1-12-13(2)24-19(22-12)10-15-6-9-17(25-3)11-18(15)20(23-24)14-4-7-16(21)8-5-14/h4-9,11H,10H2,1-3H3. The lowest BCUT2D eigenvalue weighted by Gasteiger charge is -2.11. The van der Waals surface area contributed by atoms with Gasteiger partial charge in [0.1, 0.15) is 11.6 Å². The van der Waals surface area contributed by atoms with E-state index in [0.29, 0.717) is 0 Å². The van der Waals surface area contributed by atoms with Crippen LogP contribution in [0.3, 0.4) is 0 Å². The minimum atomic E-state index is 0.748. The average molecular weight is 396 g/mol. The maximum atomic E-state index is 5.44. The van der Waals surface area contributed by atoms with Crippen molar-refractivity contribution in [2.24, 2.45) is 5.10 Å². The quantitative estimate of drug-likeness (QED) is 0.501. The highest BCUT2D eigenvalue weighted by Crippen LogP contribution is 2.28. The molecular weight excluding hydrogens is 378 g/mol. The third kappa shape index (κ3) is 2.78. The fraction of sp³-hybridized carbons (Fsp3) is 0.200. The van der Waals surface area contributed by atoms with Crippen molar-refractivity contribution in [3.63, 3.8) is 0 Å². The first kappa shape index (κ1) is 16.1. The number of aryl methyl sites for hydroxylation is 1. The van der Waals surface area contributed by atoms with Gasteiger partial charge >= 0.3 is 0 Å². The molecule has 1 aromatic heterocycles. The number of ether oxygens (including phenoxy) is 1. The van der Waals surface area contributed by atoms with Gasteiger partial charge in [0.25, 0.3) is 0 Å². The van der Waals surface area contributed by atoms with Crippen molar-refractivity contribution in [2.75, 3.05) is 7.11 Å². The van der Waals surface area contributed by atoms with Crippen molar-refractivity contribution in [1.29, 1.82) is 0 Å². The Morgan fingerprint density at radius 2 is 1.84 bits per heavy atom. The van der Waals surface area contributed by atoms with E-state index in [1.165, 1.54) is 5.56 Å². The fourth-order valence-corrected chi connectivity index (χ4v) is 3.38. The van der Waals surface area contributed by atoms with Gasteiger partial charge in [0.2, 0.25) is 0 Å². The summed E-state index contributed by atoms with van der Waals surface area (Å²) >= 11 is 3.51. The average Bonchev–Trinajstić information content (AvgIpc) is 2.79. The number of benzene rings is 2. The molecule has 5 heteroatoms. The van der Waals surface area contributed by atoms with Crippen molar-refractivity contribution in [2.45, 2.75) is 20.3 Å². The number of imidazole rings is 1. The maximum Gasteiger partial charge on any atom is 0.134 e. The van der Waals surface area contributed by atoms with Crippen molar-refractivity contribution >= 4 is 21.6 Å². The van der Waals surface area contributed by atoms with Crippen LogP contribution in [0, 0.1) is 13.8 Å². The summed E-state index contributed by atoms with van der Waals surface area (Å²) in [5, 5.41) is 4.98. The van der Waals surface area contributed by atoms with E-state index in [1.807, 2.05) is 29.8 Å². The Bertz CT molecular complexity index is 987. The zero-order valence-corrected chi connectivity index (χ0v) is 16.0. The van der Waals surface area contributed by atoms with E-state index >= 15 is 0 Å². The predicted molar refractivity (Wildman–Crippen MR) is 103 cm³/mol. The van der Waals surface area contributed by atoms with Gasteiger partial charge in [-0.1, -0.05) is 34.1 Å². The molecule has 0 spiro atoms. The van der Waals surface area contributed by atoms with E-state index in [-0.39, 0.29) is 0 Å². The molecule has 0 bridgehead atoms. The molecule has 4 nitrogen and oxygen atoms in total. The Kier molecular flexibility index (Phi) is 3.96. The summed E-state index contributed by atoms with van der Waals surface area (Å²) in [6, 6.07) is 14.4. The summed E-state index contributed by atoms with van der Waals surface area (Å²) < 4.78 is 8.46. The smallest absolute Gasteiger partial charge is 0.134 e. The number of hydrogen-bond donors (Lipinski definition) is 0. The lowest BCUT2D eigenvalue weighted by molar-refractivity contribution is 0.414. The first-order valence-corrected chi connectivity index (χ1v) is 8.93. The topological polar surface area (TPSA) is 39.4 Å². The van der Waals surface area contributed by atoms with Crippen LogP contribution in [0.5, 0.6) is 5.75 Å². The fourth-order valence-electron chi connectivity index (χ4n) is 3.12. The van der Waals surface area contributed by atoms with Crippen molar-refractivity contribution < 1.29 is 4.74 Å². The molecular formula is C20H18BrN3O. The van der Waals surface area contributed by atoms with E-state index in [2.05, 4.69) is 47.1 Å². The first-order chi connectivity index (χ1) is 12.1. The number of nitrogens with zero attached hydrogens (tertiary/aromatic N) is 3. The molecule has 25 heavy (non-hydrogen) atoms. The zero-order valence-electron chi connectivity index (χ0n) is 14.4. The van der Waals surface area contributed by atoms with Crippen LogP contribution in [0.25, 0.3) is 0 Å². The zero-order chi connectivity index (χ0) is 17.6. The molecule has 0 N–H and O–H groups in total. The second-order valence-corrected chi connectivity index (χ2v) is 7.08. The Labute approximate surface area is 155 Å². The highest BCUT2D eigenvalue weighted by Gasteiger charge is 2.22. The van der Waals surface area contributed by atoms with E-state index in [9.17, 15) is 0 Å². The largest absolute Gasteiger partial charge is 0.497 e. The summed E-state index contributed by atoms with van der Waals surface area (Å²) in [5.41, 5.74) is 6.38.